The van der Waals surface area contributed by atoms with Crippen molar-refractivity contribution < 1.29 is 14.3 Å². The number of nitrogens with one attached hydrogen (secondary N) is 1. The van der Waals surface area contributed by atoms with Gasteiger partial charge in [-0.2, -0.15) is 0 Å². The summed E-state index contributed by atoms with van der Waals surface area (Å²) in [5.74, 6) is 0.947. The normalized spacial score (nSPS) is 17.9. The second kappa shape index (κ2) is 12.8. The quantitative estimate of drug-likeness (QED) is 0.232. The zero-order chi connectivity index (χ0) is 24.6. The van der Waals surface area contributed by atoms with Gasteiger partial charge >= 0.3 is 0 Å². The molecular weight excluding hydrogens is 524 g/mol. The highest BCUT2D eigenvalue weighted by Crippen LogP contribution is 2.35. The summed E-state index contributed by atoms with van der Waals surface area (Å²) >= 11 is 13.8. The molecular formula is C24H27ClN4O3S3. The highest BCUT2D eigenvalue weighted by Gasteiger charge is 2.32. The van der Waals surface area contributed by atoms with Crippen molar-refractivity contribution in [2.75, 3.05) is 17.7 Å². The van der Waals surface area contributed by atoms with Crippen LogP contribution in [0.5, 0.6) is 5.75 Å². The van der Waals surface area contributed by atoms with Gasteiger partial charge < -0.3 is 10.1 Å². The number of rotatable bonds is 10. The van der Waals surface area contributed by atoms with Gasteiger partial charge in [0.25, 0.3) is 5.91 Å². The van der Waals surface area contributed by atoms with Crippen LogP contribution in [0.4, 0.5) is 5.13 Å². The molecule has 1 N–H and O–H groups in total. The summed E-state index contributed by atoms with van der Waals surface area (Å²) in [4.78, 5) is 27.4. The summed E-state index contributed by atoms with van der Waals surface area (Å²) < 4.78 is 6.77. The molecule has 2 fully saturated rings. The van der Waals surface area contributed by atoms with Crippen LogP contribution in [0.1, 0.15) is 55.5 Å². The number of thioether (sulfide) groups is 1. The van der Waals surface area contributed by atoms with Gasteiger partial charge in [-0.05, 0) is 44.2 Å². The molecule has 1 aromatic heterocycles. The van der Waals surface area contributed by atoms with Crippen molar-refractivity contribution in [3.05, 3.63) is 39.7 Å². The Hall–Kier alpha value is -2.01. The lowest BCUT2D eigenvalue weighted by Gasteiger charge is -2.23. The van der Waals surface area contributed by atoms with Crippen molar-refractivity contribution >= 4 is 74.3 Å². The standard InChI is InChI=1S/C24H27ClN4O3S3/c25-13-12-21-27-28-23(35-21)26-20(30)11-6-14-29-22(31)19(34-24(29)33)15-16-7-4-5-10-18(16)32-17-8-2-1-3-9-17/h4-5,7,10,15,17H,1-3,6,8-9,11-14H2,(H,26,28,30)/b19-15-. The van der Waals surface area contributed by atoms with E-state index in [-0.39, 0.29) is 24.3 Å². The van der Waals surface area contributed by atoms with Gasteiger partial charge in [-0.25, -0.2) is 0 Å². The number of aryl methyl sites for hydroxylation is 1. The molecule has 1 saturated carbocycles. The summed E-state index contributed by atoms with van der Waals surface area (Å²) in [5, 5.41) is 11.9. The fraction of sp³-hybridized carbons (Fsp3) is 0.458. The van der Waals surface area contributed by atoms with Crippen LogP contribution in [0.2, 0.25) is 0 Å². The van der Waals surface area contributed by atoms with Crippen LogP contribution in [0.25, 0.3) is 6.08 Å². The monoisotopic (exact) mass is 550 g/mol. The van der Waals surface area contributed by atoms with Crippen molar-refractivity contribution in [3.63, 3.8) is 0 Å². The first-order valence-electron chi connectivity index (χ1n) is 11.7. The smallest absolute Gasteiger partial charge is 0.266 e. The maximum atomic E-state index is 13.0. The van der Waals surface area contributed by atoms with Gasteiger partial charge in [-0.15, -0.1) is 21.8 Å². The van der Waals surface area contributed by atoms with E-state index in [2.05, 4.69) is 15.5 Å². The van der Waals surface area contributed by atoms with E-state index < -0.39 is 0 Å². The first-order valence-corrected chi connectivity index (χ1v) is 14.3. The number of aromatic nitrogens is 2. The molecule has 1 aromatic carbocycles. The Bertz CT molecular complexity index is 1100. The Balaban J connectivity index is 1.31. The number of amides is 2. The highest BCUT2D eigenvalue weighted by molar-refractivity contribution is 8.26. The second-order valence-corrected chi connectivity index (χ2v) is 11.5. The highest BCUT2D eigenvalue weighted by atomic mass is 35.5. The van der Waals surface area contributed by atoms with E-state index in [1.165, 1.54) is 42.4 Å². The molecule has 0 atom stereocenters. The van der Waals surface area contributed by atoms with E-state index in [9.17, 15) is 9.59 Å². The summed E-state index contributed by atoms with van der Waals surface area (Å²) in [5.41, 5.74) is 0.878. The zero-order valence-electron chi connectivity index (χ0n) is 19.2. The number of para-hydroxylation sites is 1. The van der Waals surface area contributed by atoms with Crippen LogP contribution in [0, 0.1) is 0 Å². The van der Waals surface area contributed by atoms with Crippen LogP contribution in [-0.4, -0.2) is 49.8 Å². The lowest BCUT2D eigenvalue weighted by Crippen LogP contribution is -2.29. The van der Waals surface area contributed by atoms with E-state index >= 15 is 0 Å². The van der Waals surface area contributed by atoms with Gasteiger partial charge in [-0.3, -0.25) is 14.5 Å². The van der Waals surface area contributed by atoms with E-state index in [0.717, 1.165) is 29.2 Å². The minimum absolute atomic E-state index is 0.136. The fourth-order valence-corrected chi connectivity index (χ4v) is 6.32. The number of nitrogens with zero attached hydrogens (tertiary/aromatic N) is 3. The van der Waals surface area contributed by atoms with Crippen molar-refractivity contribution in [2.24, 2.45) is 0 Å². The molecule has 4 rings (SSSR count). The molecule has 35 heavy (non-hydrogen) atoms. The Morgan fingerprint density at radius 3 is 2.86 bits per heavy atom. The third-order valence-electron chi connectivity index (χ3n) is 5.73. The van der Waals surface area contributed by atoms with E-state index in [4.69, 9.17) is 28.6 Å². The number of thiocarbonyl (C=S) groups is 1. The number of alkyl halides is 1. The number of ether oxygens (including phenoxy) is 1. The summed E-state index contributed by atoms with van der Waals surface area (Å²) in [6.07, 6.45) is 9.23. The molecule has 0 spiro atoms. The molecule has 1 saturated heterocycles. The first kappa shape index (κ1) is 26.1. The molecule has 1 aliphatic heterocycles. The maximum absolute atomic E-state index is 13.0. The molecule has 0 unspecified atom stereocenters. The Kier molecular flexibility index (Phi) is 9.53. The van der Waals surface area contributed by atoms with Crippen LogP contribution >= 0.6 is 46.9 Å². The lowest BCUT2D eigenvalue weighted by atomic mass is 9.97. The van der Waals surface area contributed by atoms with Crippen molar-refractivity contribution in [1.29, 1.82) is 0 Å². The predicted molar refractivity (Wildman–Crippen MR) is 146 cm³/mol. The second-order valence-electron chi connectivity index (χ2n) is 8.34. The number of anilines is 1. The number of carbonyl (C=O) groups excluding carboxylic acids is 2. The molecule has 7 nitrogen and oxygen atoms in total. The molecule has 0 bridgehead atoms. The number of hydrogen-bond donors (Lipinski definition) is 1. The van der Waals surface area contributed by atoms with Gasteiger partial charge in [0, 0.05) is 30.8 Å². The van der Waals surface area contributed by atoms with Crippen molar-refractivity contribution in [2.45, 2.75) is 57.5 Å². The number of hydrogen-bond acceptors (Lipinski definition) is 8. The van der Waals surface area contributed by atoms with Crippen molar-refractivity contribution in [1.82, 2.24) is 15.1 Å². The average Bonchev–Trinajstić information content (AvgIpc) is 3.40. The number of halogens is 1. The van der Waals surface area contributed by atoms with Gasteiger partial charge in [0.05, 0.1) is 11.0 Å². The van der Waals surface area contributed by atoms with E-state index in [1.807, 2.05) is 30.3 Å². The maximum Gasteiger partial charge on any atom is 0.266 e. The Labute approximate surface area is 223 Å². The third-order valence-corrected chi connectivity index (χ3v) is 8.20. The summed E-state index contributed by atoms with van der Waals surface area (Å²) in [7, 11) is 0. The average molecular weight is 551 g/mol. The summed E-state index contributed by atoms with van der Waals surface area (Å²) in [6, 6.07) is 7.80. The van der Waals surface area contributed by atoms with Gasteiger partial charge in [0.2, 0.25) is 11.0 Å². The fourth-order valence-electron chi connectivity index (χ4n) is 3.97. The number of benzene rings is 1. The Morgan fingerprint density at radius 1 is 1.26 bits per heavy atom. The number of carbonyl (C=O) groups is 2. The van der Waals surface area contributed by atoms with E-state index in [1.54, 1.807) is 4.90 Å². The molecule has 186 valence electrons. The lowest BCUT2D eigenvalue weighted by molar-refractivity contribution is -0.122. The first-order chi connectivity index (χ1) is 17.0. The van der Waals surface area contributed by atoms with Gasteiger partial charge in [0.1, 0.15) is 15.1 Å². The van der Waals surface area contributed by atoms with E-state index in [0.29, 0.717) is 39.6 Å². The van der Waals surface area contributed by atoms with Crippen LogP contribution in [0.3, 0.4) is 0 Å². The summed E-state index contributed by atoms with van der Waals surface area (Å²) in [6.45, 7) is 0.378. The molecule has 1 aliphatic carbocycles. The minimum Gasteiger partial charge on any atom is -0.490 e. The Morgan fingerprint density at radius 2 is 2.06 bits per heavy atom. The van der Waals surface area contributed by atoms with Crippen LogP contribution < -0.4 is 10.1 Å². The SMILES string of the molecule is O=C(CCCN1C(=O)/C(=C/c2ccccc2OC2CCCCC2)SC1=S)Nc1nnc(CCCl)s1. The molecule has 0 radical (unpaired) electrons. The molecule has 2 aromatic rings. The van der Waals surface area contributed by atoms with Crippen LogP contribution in [0.15, 0.2) is 29.2 Å². The minimum atomic E-state index is -0.173. The predicted octanol–water partition coefficient (Wildman–Crippen LogP) is 5.65. The third kappa shape index (κ3) is 7.25. The topological polar surface area (TPSA) is 84.4 Å². The van der Waals surface area contributed by atoms with Crippen LogP contribution in [-0.2, 0) is 16.0 Å². The molecule has 11 heteroatoms. The van der Waals surface area contributed by atoms with Crippen molar-refractivity contribution in [3.8, 4) is 5.75 Å². The van der Waals surface area contributed by atoms with Gasteiger partial charge in [0.15, 0.2) is 0 Å². The molecule has 2 aliphatic rings. The molecule has 2 heterocycles. The molecule has 2 amide bonds. The van der Waals surface area contributed by atoms with Gasteiger partial charge in [-0.1, -0.05) is 59.9 Å². The zero-order valence-corrected chi connectivity index (χ0v) is 22.4. The largest absolute Gasteiger partial charge is 0.490 e.